The van der Waals surface area contributed by atoms with Crippen molar-refractivity contribution < 1.29 is 22.7 Å². The molecule has 2 N–H and O–H groups in total. The number of hydrogen-bond acceptors (Lipinski definition) is 5. The number of aryl methyl sites for hydroxylation is 1. The third-order valence-electron chi connectivity index (χ3n) is 6.65. The number of ether oxygens (including phenoxy) is 1. The molecule has 0 bridgehead atoms. The molecule has 4 rings (SSSR count). The van der Waals surface area contributed by atoms with Gasteiger partial charge in [-0.1, -0.05) is 24.3 Å². The quantitative estimate of drug-likeness (QED) is 0.411. The van der Waals surface area contributed by atoms with Crippen molar-refractivity contribution in [2.75, 3.05) is 0 Å². The van der Waals surface area contributed by atoms with Crippen molar-refractivity contribution in [3.05, 3.63) is 59.2 Å². The van der Waals surface area contributed by atoms with Gasteiger partial charge in [0.1, 0.15) is 11.5 Å². The Kier molecular flexibility index (Phi) is 7.00. The van der Waals surface area contributed by atoms with Gasteiger partial charge in [0.2, 0.25) is 10.0 Å². The minimum atomic E-state index is -3.80. The monoisotopic (exact) mass is 469 g/mol. The van der Waals surface area contributed by atoms with Crippen molar-refractivity contribution in [2.45, 2.75) is 69.3 Å². The second-order valence-corrected chi connectivity index (χ2v) is 11.0. The standard InChI is InChI=1S/C26H31NO5S/c1-17-6-11-20(16-25(17)32-21-4-2-3-5-21)26(29)23(24(28)15-19-7-8-19)14-18-9-12-22(13-10-18)33(27,30)31/h6,9-13,16,19,21,23H,2-5,7-8,14-15H2,1H3,(H2,27,30,31). The molecule has 176 valence electrons. The van der Waals surface area contributed by atoms with Crippen LogP contribution >= 0.6 is 0 Å². The molecule has 1 atom stereocenters. The highest BCUT2D eigenvalue weighted by molar-refractivity contribution is 7.89. The highest BCUT2D eigenvalue weighted by Gasteiger charge is 2.33. The molecule has 7 heteroatoms. The van der Waals surface area contributed by atoms with Gasteiger partial charge < -0.3 is 4.74 Å². The van der Waals surface area contributed by atoms with Crippen LogP contribution in [0.4, 0.5) is 0 Å². The van der Waals surface area contributed by atoms with Gasteiger partial charge in [0.25, 0.3) is 0 Å². The first-order chi connectivity index (χ1) is 15.7. The van der Waals surface area contributed by atoms with E-state index in [9.17, 15) is 18.0 Å². The van der Waals surface area contributed by atoms with Gasteiger partial charge in [-0.25, -0.2) is 13.6 Å². The number of primary sulfonamides is 1. The molecule has 0 heterocycles. The second kappa shape index (κ2) is 9.77. The molecule has 2 fully saturated rings. The van der Waals surface area contributed by atoms with Gasteiger partial charge in [0, 0.05) is 12.0 Å². The number of hydrogen-bond donors (Lipinski definition) is 1. The number of Topliss-reactive ketones (excluding diaryl/α,β-unsaturated/α-hetero) is 2. The lowest BCUT2D eigenvalue weighted by atomic mass is 9.85. The van der Waals surface area contributed by atoms with Crippen LogP contribution in [0.15, 0.2) is 47.4 Å². The maximum atomic E-state index is 13.5. The summed E-state index contributed by atoms with van der Waals surface area (Å²) in [5, 5.41) is 5.18. The number of rotatable bonds is 10. The normalized spacial score (nSPS) is 17.6. The summed E-state index contributed by atoms with van der Waals surface area (Å²) in [7, 11) is -3.80. The van der Waals surface area contributed by atoms with Crippen molar-refractivity contribution in [1.82, 2.24) is 0 Å². The predicted octanol–water partition coefficient (Wildman–Crippen LogP) is 4.37. The van der Waals surface area contributed by atoms with E-state index in [4.69, 9.17) is 9.88 Å². The van der Waals surface area contributed by atoms with E-state index in [0.29, 0.717) is 23.7 Å². The number of carbonyl (C=O) groups is 2. The summed E-state index contributed by atoms with van der Waals surface area (Å²) in [6.45, 7) is 1.96. The largest absolute Gasteiger partial charge is 0.490 e. The Hall–Kier alpha value is -2.51. The van der Waals surface area contributed by atoms with Crippen LogP contribution in [0.5, 0.6) is 5.75 Å². The number of sulfonamides is 1. The molecule has 0 amide bonds. The Labute approximate surface area is 195 Å². The Morgan fingerprint density at radius 2 is 1.70 bits per heavy atom. The molecule has 2 aromatic rings. The molecule has 0 saturated heterocycles. The first-order valence-corrected chi connectivity index (χ1v) is 13.2. The van der Waals surface area contributed by atoms with Gasteiger partial charge in [-0.3, -0.25) is 9.59 Å². The number of nitrogens with two attached hydrogens (primary N) is 1. The summed E-state index contributed by atoms with van der Waals surface area (Å²) < 4.78 is 29.2. The Morgan fingerprint density at radius 1 is 1.03 bits per heavy atom. The molecule has 0 aliphatic heterocycles. The minimum absolute atomic E-state index is 0.00525. The van der Waals surface area contributed by atoms with E-state index in [2.05, 4.69) is 0 Å². The van der Waals surface area contributed by atoms with E-state index in [-0.39, 0.29) is 29.0 Å². The van der Waals surface area contributed by atoms with E-state index in [1.54, 1.807) is 24.3 Å². The Balaban J connectivity index is 1.57. The molecular formula is C26H31NO5S. The molecule has 2 aromatic carbocycles. The van der Waals surface area contributed by atoms with Gasteiger partial charge in [-0.15, -0.1) is 0 Å². The van der Waals surface area contributed by atoms with Crippen LogP contribution in [-0.4, -0.2) is 26.1 Å². The summed E-state index contributed by atoms with van der Waals surface area (Å²) in [5.74, 6) is -0.00670. The third kappa shape index (κ3) is 6.09. The second-order valence-electron chi connectivity index (χ2n) is 9.43. The van der Waals surface area contributed by atoms with Crippen LogP contribution in [0.25, 0.3) is 0 Å². The highest BCUT2D eigenvalue weighted by atomic mass is 32.2. The maximum absolute atomic E-state index is 13.5. The van der Waals surface area contributed by atoms with E-state index in [0.717, 1.165) is 49.7 Å². The topological polar surface area (TPSA) is 104 Å². The third-order valence-corrected chi connectivity index (χ3v) is 7.58. The van der Waals surface area contributed by atoms with Crippen molar-refractivity contribution in [2.24, 2.45) is 17.0 Å². The minimum Gasteiger partial charge on any atom is -0.490 e. The first kappa shape index (κ1) is 23.6. The Morgan fingerprint density at radius 3 is 2.30 bits per heavy atom. The molecule has 33 heavy (non-hydrogen) atoms. The number of benzene rings is 2. The molecule has 2 aliphatic carbocycles. The van der Waals surface area contributed by atoms with Crippen molar-refractivity contribution in [1.29, 1.82) is 0 Å². The van der Waals surface area contributed by atoms with Crippen molar-refractivity contribution in [3.63, 3.8) is 0 Å². The predicted molar refractivity (Wildman–Crippen MR) is 126 cm³/mol. The van der Waals surface area contributed by atoms with E-state index < -0.39 is 15.9 Å². The molecule has 1 unspecified atom stereocenters. The summed E-state index contributed by atoms with van der Waals surface area (Å²) >= 11 is 0. The summed E-state index contributed by atoms with van der Waals surface area (Å²) in [5.41, 5.74) is 2.17. The maximum Gasteiger partial charge on any atom is 0.238 e. The zero-order valence-electron chi connectivity index (χ0n) is 19.0. The van der Waals surface area contributed by atoms with E-state index in [1.165, 1.54) is 12.1 Å². The molecule has 6 nitrogen and oxygen atoms in total. The smallest absolute Gasteiger partial charge is 0.238 e. The van der Waals surface area contributed by atoms with Crippen LogP contribution in [0.1, 0.15) is 66.4 Å². The van der Waals surface area contributed by atoms with Gasteiger partial charge in [0.15, 0.2) is 5.78 Å². The van der Waals surface area contributed by atoms with Gasteiger partial charge in [-0.2, -0.15) is 0 Å². The van der Waals surface area contributed by atoms with E-state index in [1.807, 2.05) is 13.0 Å². The van der Waals surface area contributed by atoms with Crippen LogP contribution < -0.4 is 9.88 Å². The molecule has 0 radical (unpaired) electrons. The van der Waals surface area contributed by atoms with Crippen molar-refractivity contribution in [3.8, 4) is 5.75 Å². The zero-order chi connectivity index (χ0) is 23.6. The SMILES string of the molecule is Cc1ccc(C(=O)C(Cc2ccc(S(N)(=O)=O)cc2)C(=O)CC2CC2)cc1OC1CCCC1. The van der Waals surface area contributed by atoms with Crippen molar-refractivity contribution >= 4 is 21.6 Å². The van der Waals surface area contributed by atoms with Gasteiger partial charge in [-0.05, 0) is 87.1 Å². The fourth-order valence-electron chi connectivity index (χ4n) is 4.42. The summed E-state index contributed by atoms with van der Waals surface area (Å²) in [6, 6.07) is 11.5. The fraction of sp³-hybridized carbons (Fsp3) is 0.462. The summed E-state index contributed by atoms with van der Waals surface area (Å²) in [6.07, 6.45) is 7.22. The number of ketones is 2. The van der Waals surface area contributed by atoms with Crippen LogP contribution in [-0.2, 0) is 21.2 Å². The van der Waals surface area contributed by atoms with E-state index >= 15 is 0 Å². The average Bonchev–Trinajstić information content (AvgIpc) is 3.44. The van der Waals surface area contributed by atoms with Gasteiger partial charge in [0.05, 0.1) is 16.9 Å². The number of carbonyl (C=O) groups excluding carboxylic acids is 2. The van der Waals surface area contributed by atoms with Gasteiger partial charge >= 0.3 is 0 Å². The molecular weight excluding hydrogens is 438 g/mol. The first-order valence-electron chi connectivity index (χ1n) is 11.7. The van der Waals surface area contributed by atoms with Crippen LogP contribution in [0, 0.1) is 18.8 Å². The molecule has 2 saturated carbocycles. The lowest BCUT2D eigenvalue weighted by Crippen LogP contribution is -2.27. The molecule has 2 aliphatic rings. The Bertz CT molecular complexity index is 1130. The molecule has 0 spiro atoms. The highest BCUT2D eigenvalue weighted by Crippen LogP contribution is 2.35. The lowest BCUT2D eigenvalue weighted by Gasteiger charge is -2.18. The lowest BCUT2D eigenvalue weighted by molar-refractivity contribution is -0.121. The zero-order valence-corrected chi connectivity index (χ0v) is 19.8. The summed E-state index contributed by atoms with van der Waals surface area (Å²) in [4.78, 5) is 26.6. The van der Waals surface area contributed by atoms with Crippen LogP contribution in [0.2, 0.25) is 0 Å². The fourth-order valence-corrected chi connectivity index (χ4v) is 4.94. The van der Waals surface area contributed by atoms with Crippen LogP contribution in [0.3, 0.4) is 0 Å². The molecule has 0 aromatic heterocycles. The average molecular weight is 470 g/mol.